The smallest absolute Gasteiger partial charge is 0.119 e. The minimum Gasteiger partial charge on any atom is -0.497 e. The standard InChI is InChI=1S/C16H20N2O2/c1-19-15-5-7-16(8-6-15)20-13-12-17-11-9-14-4-2-3-10-18-14/h2-8,10,17H,9,11-13H2,1H3. The van der Waals surface area contributed by atoms with Crippen molar-refractivity contribution < 1.29 is 9.47 Å². The number of benzene rings is 1. The molecule has 106 valence electrons. The van der Waals surface area contributed by atoms with Crippen molar-refractivity contribution >= 4 is 0 Å². The fourth-order valence-electron chi connectivity index (χ4n) is 1.80. The van der Waals surface area contributed by atoms with E-state index in [1.807, 2.05) is 48.7 Å². The molecule has 4 nitrogen and oxygen atoms in total. The number of hydrogen-bond acceptors (Lipinski definition) is 4. The molecule has 0 radical (unpaired) electrons. The minimum absolute atomic E-state index is 0.647. The van der Waals surface area contributed by atoms with E-state index in [0.29, 0.717) is 6.61 Å². The summed E-state index contributed by atoms with van der Waals surface area (Å²) in [5, 5.41) is 3.34. The van der Waals surface area contributed by atoms with Crippen LogP contribution in [0.3, 0.4) is 0 Å². The van der Waals surface area contributed by atoms with Gasteiger partial charge >= 0.3 is 0 Å². The lowest BCUT2D eigenvalue weighted by molar-refractivity contribution is 0.313. The molecule has 0 saturated heterocycles. The van der Waals surface area contributed by atoms with Crippen LogP contribution in [0, 0.1) is 0 Å². The monoisotopic (exact) mass is 272 g/mol. The maximum atomic E-state index is 5.62. The molecular weight excluding hydrogens is 252 g/mol. The third-order valence-electron chi connectivity index (χ3n) is 2.89. The molecule has 0 spiro atoms. The lowest BCUT2D eigenvalue weighted by Gasteiger charge is -2.08. The molecule has 1 aromatic heterocycles. The highest BCUT2D eigenvalue weighted by molar-refractivity contribution is 5.31. The first-order chi connectivity index (χ1) is 9.88. The van der Waals surface area contributed by atoms with Gasteiger partial charge in [-0.3, -0.25) is 4.98 Å². The Hall–Kier alpha value is -2.07. The molecule has 0 atom stereocenters. The molecule has 0 bridgehead atoms. The van der Waals surface area contributed by atoms with Gasteiger partial charge in [-0.2, -0.15) is 0 Å². The molecule has 1 N–H and O–H groups in total. The van der Waals surface area contributed by atoms with Crippen LogP contribution in [-0.4, -0.2) is 31.8 Å². The van der Waals surface area contributed by atoms with Gasteiger partial charge in [-0.15, -0.1) is 0 Å². The van der Waals surface area contributed by atoms with Gasteiger partial charge in [-0.25, -0.2) is 0 Å². The highest BCUT2D eigenvalue weighted by atomic mass is 16.5. The van der Waals surface area contributed by atoms with Crippen molar-refractivity contribution in [1.82, 2.24) is 10.3 Å². The molecule has 2 aromatic rings. The molecule has 0 aliphatic rings. The highest BCUT2D eigenvalue weighted by Gasteiger charge is 1.96. The van der Waals surface area contributed by atoms with E-state index in [-0.39, 0.29) is 0 Å². The maximum absolute atomic E-state index is 5.62. The van der Waals surface area contributed by atoms with E-state index < -0.39 is 0 Å². The zero-order valence-corrected chi connectivity index (χ0v) is 11.7. The third kappa shape index (κ3) is 4.90. The second kappa shape index (κ2) is 8.17. The second-order valence-electron chi connectivity index (χ2n) is 4.35. The molecular formula is C16H20N2O2. The average molecular weight is 272 g/mol. The van der Waals surface area contributed by atoms with E-state index in [0.717, 1.165) is 36.7 Å². The molecule has 0 aliphatic carbocycles. The Balaban J connectivity index is 1.57. The van der Waals surface area contributed by atoms with Gasteiger partial charge in [0.05, 0.1) is 7.11 Å². The molecule has 4 heteroatoms. The first kappa shape index (κ1) is 14.3. The number of rotatable bonds is 8. The summed E-state index contributed by atoms with van der Waals surface area (Å²) in [4.78, 5) is 4.28. The van der Waals surface area contributed by atoms with Crippen LogP contribution in [0.4, 0.5) is 0 Å². The first-order valence-electron chi connectivity index (χ1n) is 6.76. The predicted molar refractivity (Wildman–Crippen MR) is 79.3 cm³/mol. The van der Waals surface area contributed by atoms with Crippen molar-refractivity contribution in [3.63, 3.8) is 0 Å². The second-order valence-corrected chi connectivity index (χ2v) is 4.35. The van der Waals surface area contributed by atoms with Gasteiger partial charge in [-0.05, 0) is 36.4 Å². The molecule has 1 heterocycles. The summed E-state index contributed by atoms with van der Waals surface area (Å²) in [7, 11) is 1.65. The Kier molecular flexibility index (Phi) is 5.86. The van der Waals surface area contributed by atoms with E-state index in [4.69, 9.17) is 9.47 Å². The van der Waals surface area contributed by atoms with E-state index in [1.54, 1.807) is 7.11 Å². The van der Waals surface area contributed by atoms with Crippen LogP contribution >= 0.6 is 0 Å². The summed E-state index contributed by atoms with van der Waals surface area (Å²) in [5.74, 6) is 1.70. The van der Waals surface area contributed by atoms with Crippen molar-refractivity contribution in [2.75, 3.05) is 26.8 Å². The highest BCUT2D eigenvalue weighted by Crippen LogP contribution is 2.16. The Morgan fingerprint density at radius 2 is 1.80 bits per heavy atom. The maximum Gasteiger partial charge on any atom is 0.119 e. The molecule has 0 fully saturated rings. The fourth-order valence-corrected chi connectivity index (χ4v) is 1.80. The van der Waals surface area contributed by atoms with Gasteiger partial charge in [0, 0.05) is 31.4 Å². The quantitative estimate of drug-likeness (QED) is 0.749. The van der Waals surface area contributed by atoms with Crippen LogP contribution in [0.5, 0.6) is 11.5 Å². The van der Waals surface area contributed by atoms with E-state index in [2.05, 4.69) is 10.3 Å². The number of pyridine rings is 1. The van der Waals surface area contributed by atoms with Gasteiger partial charge in [0.25, 0.3) is 0 Å². The van der Waals surface area contributed by atoms with Gasteiger partial charge in [0.15, 0.2) is 0 Å². The van der Waals surface area contributed by atoms with Crippen molar-refractivity contribution in [3.8, 4) is 11.5 Å². The van der Waals surface area contributed by atoms with Crippen molar-refractivity contribution in [3.05, 3.63) is 54.4 Å². The Bertz CT molecular complexity index is 486. The summed E-state index contributed by atoms with van der Waals surface area (Å²) >= 11 is 0. The van der Waals surface area contributed by atoms with Crippen LogP contribution in [0.25, 0.3) is 0 Å². The SMILES string of the molecule is COc1ccc(OCCNCCc2ccccn2)cc1. The van der Waals surface area contributed by atoms with Gasteiger partial charge in [0.1, 0.15) is 18.1 Å². The van der Waals surface area contributed by atoms with Crippen molar-refractivity contribution in [2.45, 2.75) is 6.42 Å². The number of nitrogens with zero attached hydrogens (tertiary/aromatic N) is 1. The van der Waals surface area contributed by atoms with Crippen LogP contribution in [0.2, 0.25) is 0 Å². The fraction of sp³-hybridized carbons (Fsp3) is 0.312. The Morgan fingerprint density at radius 1 is 1.00 bits per heavy atom. The lowest BCUT2D eigenvalue weighted by atomic mass is 10.3. The third-order valence-corrected chi connectivity index (χ3v) is 2.89. The van der Waals surface area contributed by atoms with Gasteiger partial charge < -0.3 is 14.8 Å². The first-order valence-corrected chi connectivity index (χ1v) is 6.76. The number of methoxy groups -OCH3 is 1. The summed E-state index contributed by atoms with van der Waals surface area (Å²) in [5.41, 5.74) is 1.11. The van der Waals surface area contributed by atoms with Crippen LogP contribution in [0.15, 0.2) is 48.7 Å². The number of hydrogen-bond donors (Lipinski definition) is 1. The molecule has 2 rings (SSSR count). The van der Waals surface area contributed by atoms with Crippen molar-refractivity contribution in [1.29, 1.82) is 0 Å². The predicted octanol–water partition coefficient (Wildman–Crippen LogP) is 2.30. The number of nitrogens with one attached hydrogen (secondary N) is 1. The van der Waals surface area contributed by atoms with Gasteiger partial charge in [0.2, 0.25) is 0 Å². The van der Waals surface area contributed by atoms with Gasteiger partial charge in [-0.1, -0.05) is 6.07 Å². The molecule has 20 heavy (non-hydrogen) atoms. The largest absolute Gasteiger partial charge is 0.497 e. The van der Waals surface area contributed by atoms with E-state index in [9.17, 15) is 0 Å². The number of ether oxygens (including phenoxy) is 2. The molecule has 0 unspecified atom stereocenters. The summed E-state index contributed by atoms with van der Waals surface area (Å²) in [6.07, 6.45) is 2.76. The molecule has 0 amide bonds. The van der Waals surface area contributed by atoms with E-state index >= 15 is 0 Å². The van der Waals surface area contributed by atoms with Crippen LogP contribution < -0.4 is 14.8 Å². The number of aromatic nitrogens is 1. The topological polar surface area (TPSA) is 43.4 Å². The average Bonchev–Trinajstić information content (AvgIpc) is 2.52. The summed E-state index contributed by atoms with van der Waals surface area (Å²) in [6, 6.07) is 13.6. The lowest BCUT2D eigenvalue weighted by Crippen LogP contribution is -2.23. The zero-order chi connectivity index (χ0) is 14.0. The Morgan fingerprint density at radius 3 is 2.50 bits per heavy atom. The van der Waals surface area contributed by atoms with E-state index in [1.165, 1.54) is 0 Å². The zero-order valence-electron chi connectivity index (χ0n) is 11.7. The van der Waals surface area contributed by atoms with Crippen molar-refractivity contribution in [2.24, 2.45) is 0 Å². The molecule has 0 aliphatic heterocycles. The van der Waals surface area contributed by atoms with Crippen LogP contribution in [-0.2, 0) is 6.42 Å². The summed E-state index contributed by atoms with van der Waals surface area (Å²) < 4.78 is 10.7. The molecule has 0 saturated carbocycles. The minimum atomic E-state index is 0.647. The van der Waals surface area contributed by atoms with Crippen LogP contribution in [0.1, 0.15) is 5.69 Å². The normalized spacial score (nSPS) is 10.2. The Labute approximate surface area is 119 Å². The molecule has 1 aromatic carbocycles. The summed E-state index contributed by atoms with van der Waals surface area (Å²) in [6.45, 7) is 2.37.